The van der Waals surface area contributed by atoms with E-state index in [4.69, 9.17) is 4.74 Å². The predicted molar refractivity (Wildman–Crippen MR) is 114 cm³/mol. The number of ether oxygens (including phenoxy) is 1. The Morgan fingerprint density at radius 1 is 0.862 bits per heavy atom. The second-order valence-electron chi connectivity index (χ2n) is 6.03. The predicted octanol–water partition coefficient (Wildman–Crippen LogP) is 4.22. The summed E-state index contributed by atoms with van der Waals surface area (Å²) in [6.45, 7) is 1.39. The van der Waals surface area contributed by atoms with Crippen LogP contribution in [-0.2, 0) is 4.79 Å². The standard InChI is InChI=1S/C21H19N3O4S/c1-13(25)22-17-12-14(9-10-18(17)28-2)23-20(26)15-6-3-4-7-16(15)24-21(27)19-8-5-11-29-19/h3-12H,1-2H3,(H,22,25)(H,23,26)(H,24,27). The number of nitrogens with one attached hydrogen (secondary N) is 3. The molecule has 3 aromatic rings. The van der Waals surface area contributed by atoms with Crippen molar-refractivity contribution >= 4 is 46.1 Å². The lowest BCUT2D eigenvalue weighted by atomic mass is 10.1. The Balaban J connectivity index is 1.81. The Labute approximate surface area is 171 Å². The monoisotopic (exact) mass is 409 g/mol. The quantitative estimate of drug-likeness (QED) is 0.568. The molecule has 0 bridgehead atoms. The second-order valence-corrected chi connectivity index (χ2v) is 6.98. The molecular formula is C21H19N3O4S. The van der Waals surface area contributed by atoms with Crippen LogP contribution in [-0.4, -0.2) is 24.8 Å². The Morgan fingerprint density at radius 3 is 2.34 bits per heavy atom. The van der Waals surface area contributed by atoms with Gasteiger partial charge in [-0.1, -0.05) is 18.2 Å². The Morgan fingerprint density at radius 2 is 1.66 bits per heavy atom. The molecule has 1 heterocycles. The summed E-state index contributed by atoms with van der Waals surface area (Å²) in [6, 6.07) is 15.1. The van der Waals surface area contributed by atoms with Crippen LogP contribution >= 0.6 is 11.3 Å². The van der Waals surface area contributed by atoms with Crippen LogP contribution in [0.4, 0.5) is 17.1 Å². The molecule has 3 amide bonds. The highest BCUT2D eigenvalue weighted by Gasteiger charge is 2.15. The van der Waals surface area contributed by atoms with Gasteiger partial charge in [-0.05, 0) is 41.8 Å². The zero-order valence-corrected chi connectivity index (χ0v) is 16.6. The minimum atomic E-state index is -0.397. The third-order valence-corrected chi connectivity index (χ3v) is 4.80. The number of hydrogen-bond acceptors (Lipinski definition) is 5. The summed E-state index contributed by atoms with van der Waals surface area (Å²) in [5.74, 6) is -0.459. The summed E-state index contributed by atoms with van der Waals surface area (Å²) >= 11 is 1.32. The number of methoxy groups -OCH3 is 1. The number of rotatable bonds is 6. The zero-order chi connectivity index (χ0) is 20.8. The average molecular weight is 409 g/mol. The molecule has 0 saturated carbocycles. The number of hydrogen-bond donors (Lipinski definition) is 3. The van der Waals surface area contributed by atoms with Gasteiger partial charge in [-0.2, -0.15) is 0 Å². The Hall–Kier alpha value is -3.65. The third kappa shape index (κ3) is 4.99. The first-order valence-corrected chi connectivity index (χ1v) is 9.56. The van der Waals surface area contributed by atoms with E-state index in [0.29, 0.717) is 33.3 Å². The normalized spacial score (nSPS) is 10.1. The minimum absolute atomic E-state index is 0.256. The molecule has 0 aliphatic carbocycles. The highest BCUT2D eigenvalue weighted by atomic mass is 32.1. The van der Waals surface area contributed by atoms with Gasteiger partial charge in [-0.25, -0.2) is 0 Å². The molecule has 0 spiro atoms. The largest absolute Gasteiger partial charge is 0.495 e. The molecule has 0 radical (unpaired) electrons. The summed E-state index contributed by atoms with van der Waals surface area (Å²) in [6.07, 6.45) is 0. The fraction of sp³-hybridized carbons (Fsp3) is 0.0952. The fourth-order valence-corrected chi connectivity index (χ4v) is 3.27. The van der Waals surface area contributed by atoms with Crippen LogP contribution in [0.1, 0.15) is 27.0 Å². The van der Waals surface area contributed by atoms with E-state index in [1.165, 1.54) is 25.4 Å². The third-order valence-electron chi connectivity index (χ3n) is 3.93. The van der Waals surface area contributed by atoms with Crippen LogP contribution < -0.4 is 20.7 Å². The Kier molecular flexibility index (Phi) is 6.25. The summed E-state index contributed by atoms with van der Waals surface area (Å²) < 4.78 is 5.22. The van der Waals surface area contributed by atoms with E-state index in [-0.39, 0.29) is 11.8 Å². The zero-order valence-electron chi connectivity index (χ0n) is 15.8. The van der Waals surface area contributed by atoms with Crippen LogP contribution in [0.2, 0.25) is 0 Å². The van der Waals surface area contributed by atoms with E-state index in [2.05, 4.69) is 16.0 Å². The number of carbonyl (C=O) groups excluding carboxylic acids is 3. The van der Waals surface area contributed by atoms with Crippen LogP contribution in [0.3, 0.4) is 0 Å². The molecule has 0 fully saturated rings. The van der Waals surface area contributed by atoms with Crippen molar-refractivity contribution in [3.05, 3.63) is 70.4 Å². The van der Waals surface area contributed by atoms with Gasteiger partial charge < -0.3 is 20.7 Å². The van der Waals surface area contributed by atoms with Gasteiger partial charge in [-0.3, -0.25) is 14.4 Å². The van der Waals surface area contributed by atoms with E-state index >= 15 is 0 Å². The van der Waals surface area contributed by atoms with Gasteiger partial charge in [0, 0.05) is 12.6 Å². The smallest absolute Gasteiger partial charge is 0.265 e. The number of thiophene rings is 1. The summed E-state index contributed by atoms with van der Waals surface area (Å²) in [5.41, 5.74) is 1.63. The molecule has 0 unspecified atom stereocenters. The lowest BCUT2D eigenvalue weighted by Gasteiger charge is -2.13. The van der Waals surface area contributed by atoms with E-state index in [1.807, 2.05) is 5.38 Å². The maximum Gasteiger partial charge on any atom is 0.265 e. The highest BCUT2D eigenvalue weighted by molar-refractivity contribution is 7.12. The molecule has 2 aromatic carbocycles. The molecule has 8 heteroatoms. The molecule has 3 rings (SSSR count). The number of amides is 3. The molecule has 0 aliphatic heterocycles. The molecule has 0 saturated heterocycles. The maximum atomic E-state index is 12.8. The van der Waals surface area contributed by atoms with Crippen molar-refractivity contribution in [3.8, 4) is 5.75 Å². The van der Waals surface area contributed by atoms with Crippen molar-refractivity contribution in [2.75, 3.05) is 23.1 Å². The minimum Gasteiger partial charge on any atom is -0.495 e. The maximum absolute atomic E-state index is 12.8. The number of benzene rings is 2. The van der Waals surface area contributed by atoms with Crippen molar-refractivity contribution in [2.24, 2.45) is 0 Å². The van der Waals surface area contributed by atoms with Gasteiger partial charge in [-0.15, -0.1) is 11.3 Å². The van der Waals surface area contributed by atoms with E-state index < -0.39 is 5.91 Å². The topological polar surface area (TPSA) is 96.5 Å². The Bertz CT molecular complexity index is 1050. The van der Waals surface area contributed by atoms with Gasteiger partial charge in [0.1, 0.15) is 5.75 Å². The van der Waals surface area contributed by atoms with Crippen LogP contribution in [0.15, 0.2) is 60.0 Å². The van der Waals surface area contributed by atoms with E-state index in [9.17, 15) is 14.4 Å². The molecule has 0 aliphatic rings. The second kappa shape index (κ2) is 9.03. The van der Waals surface area contributed by atoms with Gasteiger partial charge in [0.25, 0.3) is 11.8 Å². The van der Waals surface area contributed by atoms with Crippen LogP contribution in [0.5, 0.6) is 5.75 Å². The number of carbonyl (C=O) groups is 3. The molecule has 29 heavy (non-hydrogen) atoms. The number of para-hydroxylation sites is 1. The summed E-state index contributed by atoms with van der Waals surface area (Å²) in [5, 5.41) is 10.0. The van der Waals surface area contributed by atoms with Crippen molar-refractivity contribution in [1.82, 2.24) is 0 Å². The molecule has 148 valence electrons. The van der Waals surface area contributed by atoms with Crippen LogP contribution in [0.25, 0.3) is 0 Å². The lowest BCUT2D eigenvalue weighted by Crippen LogP contribution is -2.18. The SMILES string of the molecule is COc1ccc(NC(=O)c2ccccc2NC(=O)c2cccs2)cc1NC(C)=O. The molecule has 1 aromatic heterocycles. The van der Waals surface area contributed by atoms with Gasteiger partial charge in [0.2, 0.25) is 5.91 Å². The van der Waals surface area contributed by atoms with E-state index in [1.54, 1.807) is 54.6 Å². The van der Waals surface area contributed by atoms with Gasteiger partial charge >= 0.3 is 0 Å². The first-order valence-electron chi connectivity index (χ1n) is 8.69. The first-order chi connectivity index (χ1) is 14.0. The van der Waals surface area contributed by atoms with Gasteiger partial charge in [0.15, 0.2) is 0 Å². The van der Waals surface area contributed by atoms with Crippen LogP contribution in [0, 0.1) is 0 Å². The van der Waals surface area contributed by atoms with E-state index in [0.717, 1.165) is 0 Å². The van der Waals surface area contributed by atoms with Crippen molar-refractivity contribution in [1.29, 1.82) is 0 Å². The first kappa shape index (κ1) is 20.1. The molecule has 3 N–H and O–H groups in total. The van der Waals surface area contributed by atoms with Gasteiger partial charge in [0.05, 0.1) is 28.9 Å². The fourth-order valence-electron chi connectivity index (χ4n) is 2.65. The van der Waals surface area contributed by atoms with Crippen molar-refractivity contribution in [2.45, 2.75) is 6.92 Å². The highest BCUT2D eigenvalue weighted by Crippen LogP contribution is 2.28. The molecule has 0 atom stereocenters. The molecular weight excluding hydrogens is 390 g/mol. The average Bonchev–Trinajstić information content (AvgIpc) is 3.23. The summed E-state index contributed by atoms with van der Waals surface area (Å²) in [7, 11) is 1.49. The number of anilines is 3. The summed E-state index contributed by atoms with van der Waals surface area (Å²) in [4.78, 5) is 37.1. The molecule has 7 nitrogen and oxygen atoms in total. The lowest BCUT2D eigenvalue weighted by molar-refractivity contribution is -0.114. The van der Waals surface area contributed by atoms with Crippen molar-refractivity contribution < 1.29 is 19.1 Å². The van der Waals surface area contributed by atoms with Crippen molar-refractivity contribution in [3.63, 3.8) is 0 Å².